The molecule has 110 valence electrons. The normalized spacial score (nSPS) is 12.0. The Labute approximate surface area is 120 Å². The second-order valence-electron chi connectivity index (χ2n) is 5.30. The van der Waals surface area contributed by atoms with Crippen molar-refractivity contribution >= 4 is 17.4 Å². The molecule has 1 atom stereocenters. The van der Waals surface area contributed by atoms with E-state index < -0.39 is 6.04 Å². The monoisotopic (exact) mass is 276 g/mol. The molecule has 0 aliphatic carbocycles. The summed E-state index contributed by atoms with van der Waals surface area (Å²) in [6, 6.07) is 3.12. The number of unbranched alkanes of at least 4 members (excludes halogenated alkanes) is 1. The van der Waals surface area contributed by atoms with Crippen molar-refractivity contribution in [2.45, 2.75) is 53.0 Å². The third-order valence-electron chi connectivity index (χ3n) is 3.50. The van der Waals surface area contributed by atoms with E-state index in [0.29, 0.717) is 17.7 Å². The smallest absolute Gasteiger partial charge is 0.251 e. The maximum Gasteiger partial charge on any atom is 0.251 e. The van der Waals surface area contributed by atoms with Gasteiger partial charge in [-0.25, -0.2) is 0 Å². The molecule has 0 aromatic heterocycles. The van der Waals surface area contributed by atoms with E-state index in [2.05, 4.69) is 12.2 Å². The number of rotatable bonds is 6. The number of nitrogens with two attached hydrogens (primary N) is 1. The van der Waals surface area contributed by atoms with Crippen molar-refractivity contribution in [1.82, 2.24) is 5.32 Å². The third kappa shape index (κ3) is 4.08. The number of benzene rings is 1. The topological polar surface area (TPSA) is 72.2 Å². The summed E-state index contributed by atoms with van der Waals surface area (Å²) < 4.78 is 0. The number of anilines is 1. The van der Waals surface area contributed by atoms with Gasteiger partial charge in [0.05, 0.1) is 6.04 Å². The molecule has 0 radical (unpaired) electrons. The number of hydrogen-bond acceptors (Lipinski definition) is 3. The Hall–Kier alpha value is -1.84. The molecule has 0 aliphatic rings. The predicted molar refractivity (Wildman–Crippen MR) is 81.8 cm³/mol. The number of amides is 1. The molecule has 0 spiro atoms. The molecule has 0 heterocycles. The van der Waals surface area contributed by atoms with Crippen LogP contribution in [0, 0.1) is 13.8 Å². The SMILES string of the molecule is CCCC[C@H](NC(=O)c1cc(C)c(N)c(C)c1)C(C)=O. The van der Waals surface area contributed by atoms with Gasteiger partial charge in [-0.1, -0.05) is 19.8 Å². The van der Waals surface area contributed by atoms with Crippen molar-refractivity contribution in [3.05, 3.63) is 28.8 Å². The van der Waals surface area contributed by atoms with Gasteiger partial charge in [-0.3, -0.25) is 9.59 Å². The van der Waals surface area contributed by atoms with Crippen LogP contribution in [0.3, 0.4) is 0 Å². The lowest BCUT2D eigenvalue weighted by Crippen LogP contribution is -2.39. The van der Waals surface area contributed by atoms with Crippen LogP contribution in [0.4, 0.5) is 5.69 Å². The second kappa shape index (κ2) is 7.08. The van der Waals surface area contributed by atoms with Crippen LogP contribution in [0.1, 0.15) is 54.6 Å². The molecule has 1 aromatic carbocycles. The molecule has 3 N–H and O–H groups in total. The zero-order valence-corrected chi connectivity index (χ0v) is 12.7. The largest absolute Gasteiger partial charge is 0.398 e. The number of carbonyl (C=O) groups is 2. The zero-order chi connectivity index (χ0) is 15.3. The second-order valence-corrected chi connectivity index (χ2v) is 5.30. The Morgan fingerprint density at radius 1 is 1.25 bits per heavy atom. The Kier molecular flexibility index (Phi) is 5.74. The van der Waals surface area contributed by atoms with E-state index >= 15 is 0 Å². The quantitative estimate of drug-likeness (QED) is 0.785. The van der Waals surface area contributed by atoms with Crippen LogP contribution in [0.2, 0.25) is 0 Å². The summed E-state index contributed by atoms with van der Waals surface area (Å²) in [6.07, 6.45) is 2.61. The molecular weight excluding hydrogens is 252 g/mol. The summed E-state index contributed by atoms with van der Waals surface area (Å²) in [4.78, 5) is 23.8. The third-order valence-corrected chi connectivity index (χ3v) is 3.50. The van der Waals surface area contributed by atoms with Crippen LogP contribution in [-0.2, 0) is 4.79 Å². The molecular formula is C16H24N2O2. The molecule has 0 fully saturated rings. The van der Waals surface area contributed by atoms with Crippen molar-refractivity contribution in [3.8, 4) is 0 Å². The lowest BCUT2D eigenvalue weighted by atomic mass is 10.0. The van der Waals surface area contributed by atoms with E-state index in [9.17, 15) is 9.59 Å². The average molecular weight is 276 g/mol. The maximum absolute atomic E-state index is 12.2. The van der Waals surface area contributed by atoms with Gasteiger partial charge in [0.2, 0.25) is 0 Å². The first-order valence-electron chi connectivity index (χ1n) is 7.04. The number of aryl methyl sites for hydroxylation is 2. The molecule has 1 rings (SSSR count). The summed E-state index contributed by atoms with van der Waals surface area (Å²) in [5.74, 6) is -0.219. The number of ketones is 1. The molecule has 0 saturated heterocycles. The van der Waals surface area contributed by atoms with E-state index in [1.54, 1.807) is 12.1 Å². The van der Waals surface area contributed by atoms with Crippen LogP contribution >= 0.6 is 0 Å². The maximum atomic E-state index is 12.2. The molecule has 0 saturated carbocycles. The minimum Gasteiger partial charge on any atom is -0.398 e. The van der Waals surface area contributed by atoms with E-state index in [1.165, 1.54) is 6.92 Å². The van der Waals surface area contributed by atoms with Crippen molar-refractivity contribution in [1.29, 1.82) is 0 Å². The summed E-state index contributed by atoms with van der Waals surface area (Å²) in [7, 11) is 0. The van der Waals surface area contributed by atoms with E-state index in [4.69, 9.17) is 5.73 Å². The van der Waals surface area contributed by atoms with Crippen molar-refractivity contribution < 1.29 is 9.59 Å². The highest BCUT2D eigenvalue weighted by Gasteiger charge is 2.18. The molecule has 1 aromatic rings. The molecule has 0 bridgehead atoms. The van der Waals surface area contributed by atoms with Gasteiger partial charge < -0.3 is 11.1 Å². The summed E-state index contributed by atoms with van der Waals surface area (Å²) in [6.45, 7) is 7.32. The van der Waals surface area contributed by atoms with Crippen LogP contribution in [-0.4, -0.2) is 17.7 Å². The number of nitrogen functional groups attached to an aromatic ring is 1. The lowest BCUT2D eigenvalue weighted by Gasteiger charge is -2.16. The van der Waals surface area contributed by atoms with Crippen molar-refractivity contribution in [3.63, 3.8) is 0 Å². The number of carbonyl (C=O) groups excluding carboxylic acids is 2. The van der Waals surface area contributed by atoms with E-state index in [1.807, 2.05) is 13.8 Å². The first-order chi connectivity index (χ1) is 9.36. The van der Waals surface area contributed by atoms with E-state index in [0.717, 1.165) is 24.0 Å². The zero-order valence-electron chi connectivity index (χ0n) is 12.7. The molecule has 4 heteroatoms. The summed E-state index contributed by atoms with van der Waals surface area (Å²) in [5.41, 5.74) is 8.89. The summed E-state index contributed by atoms with van der Waals surface area (Å²) >= 11 is 0. The minimum absolute atomic E-state index is 0.00399. The first-order valence-corrected chi connectivity index (χ1v) is 7.04. The number of nitrogens with one attached hydrogen (secondary N) is 1. The van der Waals surface area contributed by atoms with Gasteiger partial charge in [0.25, 0.3) is 5.91 Å². The number of Topliss-reactive ketones (excluding diaryl/α,β-unsaturated/α-hetero) is 1. The molecule has 1 amide bonds. The van der Waals surface area contributed by atoms with Crippen LogP contribution in [0.15, 0.2) is 12.1 Å². The standard InChI is InChI=1S/C16H24N2O2/c1-5-6-7-14(12(4)19)18-16(20)13-8-10(2)15(17)11(3)9-13/h8-9,14H,5-7,17H2,1-4H3,(H,18,20)/t14-/m0/s1. The van der Waals surface area contributed by atoms with E-state index in [-0.39, 0.29) is 11.7 Å². The fourth-order valence-corrected chi connectivity index (χ4v) is 2.13. The Morgan fingerprint density at radius 3 is 2.25 bits per heavy atom. The highest BCUT2D eigenvalue weighted by Crippen LogP contribution is 2.18. The highest BCUT2D eigenvalue weighted by molar-refractivity contribution is 5.98. The summed E-state index contributed by atoms with van der Waals surface area (Å²) in [5, 5.41) is 2.81. The molecule has 20 heavy (non-hydrogen) atoms. The van der Waals surface area contributed by atoms with Crippen LogP contribution in [0.25, 0.3) is 0 Å². The Balaban J connectivity index is 2.86. The van der Waals surface area contributed by atoms with Gasteiger partial charge in [0, 0.05) is 11.3 Å². The fourth-order valence-electron chi connectivity index (χ4n) is 2.13. The molecule has 0 aliphatic heterocycles. The fraction of sp³-hybridized carbons (Fsp3) is 0.500. The number of hydrogen-bond donors (Lipinski definition) is 2. The molecule has 4 nitrogen and oxygen atoms in total. The van der Waals surface area contributed by atoms with Crippen molar-refractivity contribution in [2.24, 2.45) is 0 Å². The highest BCUT2D eigenvalue weighted by atomic mass is 16.2. The van der Waals surface area contributed by atoms with Gasteiger partial charge in [-0.05, 0) is 50.5 Å². The minimum atomic E-state index is -0.402. The van der Waals surface area contributed by atoms with Crippen LogP contribution in [0.5, 0.6) is 0 Å². The van der Waals surface area contributed by atoms with Gasteiger partial charge in [0.15, 0.2) is 5.78 Å². The van der Waals surface area contributed by atoms with Crippen molar-refractivity contribution in [2.75, 3.05) is 5.73 Å². The van der Waals surface area contributed by atoms with Gasteiger partial charge in [-0.2, -0.15) is 0 Å². The average Bonchev–Trinajstić information content (AvgIpc) is 2.39. The molecule has 0 unspecified atom stereocenters. The first kappa shape index (κ1) is 16.2. The van der Waals surface area contributed by atoms with Gasteiger partial charge in [0.1, 0.15) is 0 Å². The van der Waals surface area contributed by atoms with Gasteiger partial charge in [-0.15, -0.1) is 0 Å². The lowest BCUT2D eigenvalue weighted by molar-refractivity contribution is -0.119. The van der Waals surface area contributed by atoms with Crippen LogP contribution < -0.4 is 11.1 Å². The predicted octanol–water partition coefficient (Wildman–Crippen LogP) is 2.76. The van der Waals surface area contributed by atoms with Gasteiger partial charge >= 0.3 is 0 Å². The Bertz CT molecular complexity index is 486. The Morgan fingerprint density at radius 2 is 1.80 bits per heavy atom.